The van der Waals surface area contributed by atoms with E-state index < -0.39 is 52.9 Å². The predicted octanol–water partition coefficient (Wildman–Crippen LogP) is 0.822. The lowest BCUT2D eigenvalue weighted by Crippen LogP contribution is -2.15. The zero-order valence-corrected chi connectivity index (χ0v) is 13.2. The van der Waals surface area contributed by atoms with Gasteiger partial charge in [-0.05, 0) is 6.07 Å². The van der Waals surface area contributed by atoms with Crippen molar-refractivity contribution in [3.8, 4) is 11.5 Å². The molecule has 2 rings (SSSR count). The van der Waals surface area contributed by atoms with E-state index in [-0.39, 0.29) is 5.56 Å². The number of hydrogen-bond donors (Lipinski definition) is 4. The third-order valence-electron chi connectivity index (χ3n) is 2.99. The van der Waals surface area contributed by atoms with Crippen molar-refractivity contribution in [1.29, 1.82) is 0 Å². The van der Waals surface area contributed by atoms with E-state index >= 15 is 0 Å². The number of carbonyl (C=O) groups is 1. The standard InChI is InChI=1S/C13H10O9S2/c14-9-6-8(10(15)7-4-2-1-3-5-7)12(23(17,18)19)13(11(9)16)24(20,21)22/h1-6,14,16H,(H,17,18,19)(H,20,21,22). The summed E-state index contributed by atoms with van der Waals surface area (Å²) in [7, 11) is -10.8. The summed E-state index contributed by atoms with van der Waals surface area (Å²) < 4.78 is 64.3. The molecule has 0 unspecified atom stereocenters. The van der Waals surface area contributed by atoms with Crippen molar-refractivity contribution in [1.82, 2.24) is 0 Å². The van der Waals surface area contributed by atoms with Crippen molar-refractivity contribution in [3.63, 3.8) is 0 Å². The molecule has 0 aromatic heterocycles. The normalized spacial score (nSPS) is 12.1. The van der Waals surface area contributed by atoms with Gasteiger partial charge in [0.15, 0.2) is 22.2 Å². The Morgan fingerprint density at radius 1 is 0.833 bits per heavy atom. The molecule has 0 spiro atoms. The molecule has 0 heterocycles. The van der Waals surface area contributed by atoms with Crippen molar-refractivity contribution < 1.29 is 40.9 Å². The minimum Gasteiger partial charge on any atom is -0.504 e. The van der Waals surface area contributed by atoms with Crippen LogP contribution in [0.1, 0.15) is 15.9 Å². The molecule has 128 valence electrons. The van der Waals surface area contributed by atoms with E-state index in [2.05, 4.69) is 0 Å². The van der Waals surface area contributed by atoms with Gasteiger partial charge in [-0.25, -0.2) is 0 Å². The fraction of sp³-hybridized carbons (Fsp3) is 0. The molecule has 0 saturated carbocycles. The molecule has 0 fully saturated rings. The van der Waals surface area contributed by atoms with Gasteiger partial charge in [0, 0.05) is 11.1 Å². The third kappa shape index (κ3) is 3.23. The highest BCUT2D eigenvalue weighted by atomic mass is 32.2. The van der Waals surface area contributed by atoms with Crippen LogP contribution in [0.15, 0.2) is 46.2 Å². The number of phenols is 2. The van der Waals surface area contributed by atoms with Crippen LogP contribution in [0.3, 0.4) is 0 Å². The molecular weight excluding hydrogens is 364 g/mol. The molecule has 2 aromatic carbocycles. The maximum absolute atomic E-state index is 12.4. The van der Waals surface area contributed by atoms with Gasteiger partial charge in [-0.1, -0.05) is 30.3 Å². The van der Waals surface area contributed by atoms with E-state index in [1.165, 1.54) is 24.3 Å². The van der Waals surface area contributed by atoms with Crippen LogP contribution in [0.2, 0.25) is 0 Å². The van der Waals surface area contributed by atoms with Crippen molar-refractivity contribution in [2.24, 2.45) is 0 Å². The smallest absolute Gasteiger partial charge is 0.299 e. The molecule has 9 nitrogen and oxygen atoms in total. The maximum atomic E-state index is 12.4. The van der Waals surface area contributed by atoms with Crippen molar-refractivity contribution >= 4 is 26.0 Å². The van der Waals surface area contributed by atoms with Crippen LogP contribution in [-0.4, -0.2) is 41.9 Å². The minimum absolute atomic E-state index is 0.0891. The summed E-state index contributed by atoms with van der Waals surface area (Å²) in [5.74, 6) is -3.76. The summed E-state index contributed by atoms with van der Waals surface area (Å²) in [5, 5.41) is 19.2. The molecule has 0 aliphatic rings. The number of aromatic hydroxyl groups is 2. The Bertz CT molecular complexity index is 1020. The molecule has 4 N–H and O–H groups in total. The van der Waals surface area contributed by atoms with Gasteiger partial charge >= 0.3 is 0 Å². The lowest BCUT2D eigenvalue weighted by atomic mass is 10.0. The summed E-state index contributed by atoms with van der Waals surface area (Å²) in [6.45, 7) is 0. The predicted molar refractivity (Wildman–Crippen MR) is 79.3 cm³/mol. The van der Waals surface area contributed by atoms with E-state index in [0.717, 1.165) is 0 Å². The summed E-state index contributed by atoms with van der Waals surface area (Å²) in [6, 6.07) is 7.44. The lowest BCUT2D eigenvalue weighted by molar-refractivity contribution is 0.103. The zero-order valence-electron chi connectivity index (χ0n) is 11.6. The maximum Gasteiger partial charge on any atom is 0.299 e. The van der Waals surface area contributed by atoms with Crippen LogP contribution < -0.4 is 0 Å². The highest BCUT2D eigenvalue weighted by molar-refractivity contribution is 7.89. The molecule has 0 aliphatic heterocycles. The molecule has 0 atom stereocenters. The SMILES string of the molecule is O=C(c1ccccc1)c1cc(O)c(O)c(S(=O)(=O)O)c1S(=O)(=O)O. The lowest BCUT2D eigenvalue weighted by Gasteiger charge is -2.13. The number of benzene rings is 2. The summed E-state index contributed by atoms with van der Waals surface area (Å²) >= 11 is 0. The van der Waals surface area contributed by atoms with Crippen LogP contribution in [-0.2, 0) is 20.2 Å². The third-order valence-corrected chi connectivity index (χ3v) is 4.97. The monoisotopic (exact) mass is 374 g/mol. The Morgan fingerprint density at radius 3 is 1.79 bits per heavy atom. The van der Waals surface area contributed by atoms with Crippen molar-refractivity contribution in [2.45, 2.75) is 9.79 Å². The van der Waals surface area contributed by atoms with E-state index in [0.29, 0.717) is 6.07 Å². The first-order chi connectivity index (χ1) is 10.9. The van der Waals surface area contributed by atoms with Gasteiger partial charge in [-0.15, -0.1) is 0 Å². The highest BCUT2D eigenvalue weighted by Gasteiger charge is 2.35. The molecular formula is C13H10O9S2. The van der Waals surface area contributed by atoms with Crippen LogP contribution in [0.4, 0.5) is 0 Å². The fourth-order valence-electron chi connectivity index (χ4n) is 2.03. The van der Waals surface area contributed by atoms with Gasteiger partial charge in [-0.2, -0.15) is 16.8 Å². The Kier molecular flexibility index (Phi) is 4.37. The Labute approximate surface area is 136 Å². The van der Waals surface area contributed by atoms with Gasteiger partial charge in [0.2, 0.25) is 0 Å². The fourth-order valence-corrected chi connectivity index (χ4v) is 4.11. The van der Waals surface area contributed by atoms with E-state index in [4.69, 9.17) is 4.55 Å². The molecule has 24 heavy (non-hydrogen) atoms. The van der Waals surface area contributed by atoms with Crippen LogP contribution >= 0.6 is 0 Å². The number of rotatable bonds is 4. The number of carbonyl (C=O) groups excluding carboxylic acids is 1. The van der Waals surface area contributed by atoms with Crippen LogP contribution in [0.25, 0.3) is 0 Å². The van der Waals surface area contributed by atoms with E-state index in [1.54, 1.807) is 6.07 Å². The quantitative estimate of drug-likeness (QED) is 0.344. The summed E-state index contributed by atoms with van der Waals surface area (Å²) in [6.07, 6.45) is 0. The molecule has 11 heteroatoms. The highest BCUT2D eigenvalue weighted by Crippen LogP contribution is 2.40. The van der Waals surface area contributed by atoms with Gasteiger partial charge in [0.25, 0.3) is 20.2 Å². The molecule has 2 aromatic rings. The number of hydrogen-bond acceptors (Lipinski definition) is 7. The first-order valence-corrected chi connectivity index (χ1v) is 8.96. The van der Waals surface area contributed by atoms with E-state index in [9.17, 15) is 36.4 Å². The zero-order chi connectivity index (χ0) is 18.3. The second kappa shape index (κ2) is 5.87. The number of phenolic OH excluding ortho intramolecular Hbond substituents is 2. The van der Waals surface area contributed by atoms with Crippen LogP contribution in [0.5, 0.6) is 11.5 Å². The minimum atomic E-state index is -5.41. The van der Waals surface area contributed by atoms with Gasteiger partial charge in [-0.3, -0.25) is 13.9 Å². The average Bonchev–Trinajstić information content (AvgIpc) is 2.47. The van der Waals surface area contributed by atoms with Gasteiger partial charge in [0.05, 0.1) is 0 Å². The second-order valence-electron chi connectivity index (χ2n) is 4.60. The van der Waals surface area contributed by atoms with Gasteiger partial charge < -0.3 is 10.2 Å². The molecule has 0 saturated heterocycles. The van der Waals surface area contributed by atoms with E-state index in [1.807, 2.05) is 0 Å². The molecule has 0 aliphatic carbocycles. The second-order valence-corrected chi connectivity index (χ2v) is 7.31. The summed E-state index contributed by atoms with van der Waals surface area (Å²) in [4.78, 5) is 9.19. The molecule has 0 radical (unpaired) electrons. The first-order valence-electron chi connectivity index (χ1n) is 6.08. The van der Waals surface area contributed by atoms with Crippen molar-refractivity contribution in [2.75, 3.05) is 0 Å². The number of ketones is 1. The van der Waals surface area contributed by atoms with Gasteiger partial charge in [0.1, 0.15) is 4.90 Å². The Hall–Kier alpha value is -2.47. The molecule has 0 amide bonds. The Balaban J connectivity index is 2.98. The largest absolute Gasteiger partial charge is 0.504 e. The topological polar surface area (TPSA) is 166 Å². The first kappa shape index (κ1) is 17.9. The van der Waals surface area contributed by atoms with Crippen molar-refractivity contribution in [3.05, 3.63) is 47.5 Å². The Morgan fingerprint density at radius 2 is 1.33 bits per heavy atom. The molecule has 0 bridgehead atoms. The van der Waals surface area contributed by atoms with Crippen LogP contribution in [0, 0.1) is 0 Å². The summed E-state index contributed by atoms with van der Waals surface area (Å²) in [5.41, 5.74) is -1.03. The average molecular weight is 374 g/mol.